The zero-order valence-corrected chi connectivity index (χ0v) is 19.7. The summed E-state index contributed by atoms with van der Waals surface area (Å²) in [6.07, 6.45) is 0. The van der Waals surface area contributed by atoms with E-state index < -0.39 is 11.8 Å². The van der Waals surface area contributed by atoms with Crippen LogP contribution >= 0.6 is 11.6 Å². The Labute approximate surface area is 207 Å². The highest BCUT2D eigenvalue weighted by Gasteiger charge is 2.22. The van der Waals surface area contributed by atoms with Crippen LogP contribution in [0.1, 0.15) is 27.7 Å². The molecule has 9 heteroatoms. The number of rotatable bonds is 9. The Morgan fingerprint density at radius 2 is 1.57 bits per heavy atom. The van der Waals surface area contributed by atoms with E-state index in [1.807, 2.05) is 60.7 Å². The van der Waals surface area contributed by atoms with E-state index in [1.165, 1.54) is 7.11 Å². The Kier molecular flexibility index (Phi) is 7.74. The second-order valence-electron chi connectivity index (χ2n) is 7.57. The smallest absolute Gasteiger partial charge is 0.316 e. The molecular weight excluding hydrogens is 468 g/mol. The zero-order valence-electron chi connectivity index (χ0n) is 18.9. The predicted octanol–water partition coefficient (Wildman–Crippen LogP) is 4.08. The number of ether oxygens (including phenoxy) is 1. The fourth-order valence-electron chi connectivity index (χ4n) is 3.61. The van der Waals surface area contributed by atoms with Crippen molar-refractivity contribution in [1.29, 1.82) is 0 Å². The zero-order chi connectivity index (χ0) is 24.6. The van der Waals surface area contributed by atoms with Crippen molar-refractivity contribution in [2.24, 2.45) is 0 Å². The quantitative estimate of drug-likeness (QED) is 0.342. The number of nitrogens with one attached hydrogen (secondary N) is 2. The second-order valence-corrected chi connectivity index (χ2v) is 8.01. The van der Waals surface area contributed by atoms with Crippen LogP contribution in [0.5, 0.6) is 5.75 Å². The van der Waals surface area contributed by atoms with Crippen molar-refractivity contribution < 1.29 is 18.8 Å². The number of amides is 2. The lowest BCUT2D eigenvalue weighted by atomic mass is 9.90. The molecule has 0 atom stereocenters. The van der Waals surface area contributed by atoms with Gasteiger partial charge in [-0.3, -0.25) is 9.59 Å². The molecule has 0 radical (unpaired) electrons. The summed E-state index contributed by atoms with van der Waals surface area (Å²) in [4.78, 5) is 29.6. The highest BCUT2D eigenvalue weighted by molar-refractivity contribution is 6.30. The van der Waals surface area contributed by atoms with Crippen molar-refractivity contribution in [1.82, 2.24) is 20.8 Å². The van der Waals surface area contributed by atoms with E-state index in [9.17, 15) is 9.59 Å². The maximum atomic E-state index is 13.0. The maximum absolute atomic E-state index is 13.0. The molecule has 0 fully saturated rings. The average molecular weight is 491 g/mol. The van der Waals surface area contributed by atoms with Gasteiger partial charge in [-0.2, -0.15) is 4.98 Å². The summed E-state index contributed by atoms with van der Waals surface area (Å²) in [7, 11) is 1.51. The highest BCUT2D eigenvalue weighted by atomic mass is 35.5. The fourth-order valence-corrected chi connectivity index (χ4v) is 3.78. The summed E-state index contributed by atoms with van der Waals surface area (Å²) < 4.78 is 10.4. The second kappa shape index (κ2) is 11.3. The van der Waals surface area contributed by atoms with E-state index in [1.54, 1.807) is 18.2 Å². The van der Waals surface area contributed by atoms with Gasteiger partial charge in [0.2, 0.25) is 11.7 Å². The third-order valence-corrected chi connectivity index (χ3v) is 5.50. The minimum absolute atomic E-state index is 0.162. The van der Waals surface area contributed by atoms with Crippen molar-refractivity contribution in [3.63, 3.8) is 0 Å². The molecule has 0 unspecified atom stereocenters. The Balaban J connectivity index is 1.35. The van der Waals surface area contributed by atoms with Crippen LogP contribution in [0.3, 0.4) is 0 Å². The molecule has 0 aliphatic rings. The number of aromatic nitrogens is 2. The number of benzene rings is 3. The van der Waals surface area contributed by atoms with Crippen LogP contribution in [0.4, 0.5) is 0 Å². The lowest BCUT2D eigenvalue weighted by Crippen LogP contribution is -2.37. The van der Waals surface area contributed by atoms with Gasteiger partial charge in [0.05, 0.1) is 18.6 Å². The Morgan fingerprint density at radius 1 is 0.943 bits per heavy atom. The molecule has 0 spiro atoms. The molecule has 3 aromatic carbocycles. The minimum Gasteiger partial charge on any atom is -0.496 e. The average Bonchev–Trinajstić information content (AvgIpc) is 3.38. The molecule has 8 nitrogen and oxygen atoms in total. The topological polar surface area (TPSA) is 106 Å². The lowest BCUT2D eigenvalue weighted by molar-refractivity contribution is -0.121. The highest BCUT2D eigenvalue weighted by Crippen LogP contribution is 2.30. The number of nitrogens with zero attached hydrogens (tertiary/aromatic N) is 2. The van der Waals surface area contributed by atoms with Crippen LogP contribution in [0.2, 0.25) is 5.02 Å². The number of halogens is 1. The van der Waals surface area contributed by atoms with Gasteiger partial charge in [0.25, 0.3) is 0 Å². The number of carbonyl (C=O) groups is 2. The number of hydrogen-bond acceptors (Lipinski definition) is 6. The third-order valence-electron chi connectivity index (χ3n) is 5.26. The van der Waals surface area contributed by atoms with E-state index in [2.05, 4.69) is 20.8 Å². The Bertz CT molecular complexity index is 1260. The largest absolute Gasteiger partial charge is 0.496 e. The summed E-state index contributed by atoms with van der Waals surface area (Å²) in [5.41, 5.74) is 2.27. The number of methoxy groups -OCH3 is 1. The summed E-state index contributed by atoms with van der Waals surface area (Å²) in [5.74, 6) is -0.710. The monoisotopic (exact) mass is 490 g/mol. The van der Waals surface area contributed by atoms with Crippen LogP contribution in [-0.4, -0.2) is 42.2 Å². The van der Waals surface area contributed by atoms with E-state index in [4.69, 9.17) is 20.9 Å². The van der Waals surface area contributed by atoms with Gasteiger partial charge in [-0.25, -0.2) is 0 Å². The van der Waals surface area contributed by atoms with E-state index in [-0.39, 0.29) is 30.7 Å². The number of hydrogen-bond donors (Lipinski definition) is 2. The van der Waals surface area contributed by atoms with Gasteiger partial charge < -0.3 is 19.9 Å². The van der Waals surface area contributed by atoms with Gasteiger partial charge in [0, 0.05) is 18.1 Å². The predicted molar refractivity (Wildman–Crippen MR) is 131 cm³/mol. The summed E-state index contributed by atoms with van der Waals surface area (Å²) >= 11 is 6.05. The van der Waals surface area contributed by atoms with Gasteiger partial charge in [-0.15, -0.1) is 0 Å². The number of carbonyl (C=O) groups excluding carboxylic acids is 2. The Morgan fingerprint density at radius 3 is 2.20 bits per heavy atom. The minimum atomic E-state index is -0.554. The molecule has 1 heterocycles. The fraction of sp³-hybridized carbons (Fsp3) is 0.154. The molecule has 0 saturated heterocycles. The molecule has 4 rings (SSSR count). The van der Waals surface area contributed by atoms with Crippen LogP contribution in [0, 0.1) is 0 Å². The SMILES string of the molecule is COc1ccc(Cl)cc1-c1noc(C(=O)NCCNC(=O)C(c2ccccc2)c2ccccc2)n1. The van der Waals surface area contributed by atoms with Crippen LogP contribution in [0.25, 0.3) is 11.4 Å². The first kappa shape index (κ1) is 24.0. The summed E-state index contributed by atoms with van der Waals surface area (Å²) in [6, 6.07) is 24.1. The first-order valence-corrected chi connectivity index (χ1v) is 11.3. The van der Waals surface area contributed by atoms with Crippen molar-refractivity contribution >= 4 is 23.4 Å². The molecule has 2 N–H and O–H groups in total. The molecule has 0 aliphatic heterocycles. The van der Waals surface area contributed by atoms with Crippen molar-refractivity contribution in [3.05, 3.63) is 101 Å². The van der Waals surface area contributed by atoms with E-state index in [0.717, 1.165) is 11.1 Å². The third kappa shape index (κ3) is 5.85. The van der Waals surface area contributed by atoms with Gasteiger partial charge in [-0.1, -0.05) is 77.4 Å². The molecular formula is C26H23ClN4O4. The first-order valence-electron chi connectivity index (χ1n) is 10.9. The molecule has 0 saturated carbocycles. The van der Waals surface area contributed by atoms with Crippen LogP contribution in [-0.2, 0) is 4.79 Å². The van der Waals surface area contributed by atoms with Crippen molar-refractivity contribution in [2.45, 2.75) is 5.92 Å². The molecule has 1 aromatic heterocycles. The van der Waals surface area contributed by atoms with Gasteiger partial charge in [0.15, 0.2) is 0 Å². The molecule has 2 amide bonds. The first-order chi connectivity index (χ1) is 17.1. The van der Waals surface area contributed by atoms with Crippen LogP contribution in [0.15, 0.2) is 83.4 Å². The van der Waals surface area contributed by atoms with Gasteiger partial charge >= 0.3 is 11.8 Å². The van der Waals surface area contributed by atoms with Gasteiger partial charge in [-0.05, 0) is 29.3 Å². The molecule has 0 aliphatic carbocycles. The standard InChI is InChI=1S/C26H23ClN4O4/c1-34-21-13-12-19(27)16-20(21)23-30-26(35-31-23)25(33)29-15-14-28-24(32)22(17-8-4-2-5-9-17)18-10-6-3-7-11-18/h2-13,16,22H,14-15H2,1H3,(H,28,32)(H,29,33). The van der Waals surface area contributed by atoms with Crippen LogP contribution < -0.4 is 15.4 Å². The maximum Gasteiger partial charge on any atom is 0.316 e. The molecule has 0 bridgehead atoms. The van der Waals surface area contributed by atoms with E-state index in [0.29, 0.717) is 16.3 Å². The van der Waals surface area contributed by atoms with Gasteiger partial charge in [0.1, 0.15) is 5.75 Å². The Hall–Kier alpha value is -4.17. The van der Waals surface area contributed by atoms with Crippen molar-refractivity contribution in [3.8, 4) is 17.1 Å². The molecule has 35 heavy (non-hydrogen) atoms. The van der Waals surface area contributed by atoms with E-state index >= 15 is 0 Å². The van der Waals surface area contributed by atoms with Crippen molar-refractivity contribution in [2.75, 3.05) is 20.2 Å². The molecule has 178 valence electrons. The lowest BCUT2D eigenvalue weighted by Gasteiger charge is -2.18. The molecule has 4 aromatic rings. The summed E-state index contributed by atoms with van der Waals surface area (Å²) in [5, 5.41) is 9.88. The summed E-state index contributed by atoms with van der Waals surface area (Å²) in [6.45, 7) is 0.406. The normalized spacial score (nSPS) is 10.7.